The molecule has 0 aromatic rings. The molecule has 1 unspecified atom stereocenters. The van der Waals surface area contributed by atoms with E-state index in [9.17, 15) is 14.4 Å². The van der Waals surface area contributed by atoms with Crippen molar-refractivity contribution in [1.29, 1.82) is 0 Å². The smallest absolute Gasteiger partial charge is 0.309 e. The summed E-state index contributed by atoms with van der Waals surface area (Å²) in [6.45, 7) is 6.25. The van der Waals surface area contributed by atoms with E-state index in [0.29, 0.717) is 6.42 Å². The number of allylic oxidation sites excluding steroid dienone is 13. The van der Waals surface area contributed by atoms with E-state index in [2.05, 4.69) is 93.7 Å². The Kier molecular flexibility index (Phi) is 41.6. The number of unbranched alkanes of at least 4 members (excludes halogenated alkanes) is 15. The predicted molar refractivity (Wildman–Crippen MR) is 237 cm³/mol. The van der Waals surface area contributed by atoms with Crippen LogP contribution in [0, 0.1) is 0 Å². The largest absolute Gasteiger partial charge is 0.462 e. The third kappa shape index (κ3) is 41.7. The van der Waals surface area contributed by atoms with Crippen LogP contribution >= 0.6 is 0 Å². The first-order valence-electron chi connectivity index (χ1n) is 22.6. The van der Waals surface area contributed by atoms with Crippen LogP contribution in [0.2, 0.25) is 0 Å². The molecular weight excluding hydrogens is 697 g/mol. The molecule has 0 fully saturated rings. The normalized spacial score (nSPS) is 12.8. The average molecular weight is 779 g/mol. The Balaban J connectivity index is 4.46. The molecular formula is C50H82O6. The summed E-state index contributed by atoms with van der Waals surface area (Å²) >= 11 is 0. The summed E-state index contributed by atoms with van der Waals surface area (Å²) in [4.78, 5) is 37.6. The van der Waals surface area contributed by atoms with Gasteiger partial charge in [0.1, 0.15) is 13.2 Å². The lowest BCUT2D eigenvalue weighted by atomic mass is 10.1. The maximum Gasteiger partial charge on any atom is 0.309 e. The topological polar surface area (TPSA) is 78.9 Å². The van der Waals surface area contributed by atoms with E-state index >= 15 is 0 Å². The monoisotopic (exact) mass is 779 g/mol. The van der Waals surface area contributed by atoms with Crippen molar-refractivity contribution in [2.75, 3.05) is 13.2 Å². The van der Waals surface area contributed by atoms with E-state index in [4.69, 9.17) is 14.2 Å². The van der Waals surface area contributed by atoms with Gasteiger partial charge < -0.3 is 14.2 Å². The molecule has 0 saturated heterocycles. The zero-order valence-electron chi connectivity index (χ0n) is 36.1. The Hall–Kier alpha value is -3.41. The lowest BCUT2D eigenvalue weighted by molar-refractivity contribution is -0.166. The van der Waals surface area contributed by atoms with Gasteiger partial charge in [-0.15, -0.1) is 0 Å². The van der Waals surface area contributed by atoms with Gasteiger partial charge in [0.2, 0.25) is 0 Å². The average Bonchev–Trinajstić information content (AvgIpc) is 3.19. The van der Waals surface area contributed by atoms with E-state index in [1.165, 1.54) is 51.4 Å². The highest BCUT2D eigenvalue weighted by Gasteiger charge is 2.19. The summed E-state index contributed by atoms with van der Waals surface area (Å²) in [6.07, 6.45) is 56.0. The lowest BCUT2D eigenvalue weighted by Gasteiger charge is -2.18. The van der Waals surface area contributed by atoms with Gasteiger partial charge in [0.15, 0.2) is 6.10 Å². The van der Waals surface area contributed by atoms with Gasteiger partial charge in [-0.3, -0.25) is 14.4 Å². The zero-order chi connectivity index (χ0) is 40.8. The second-order valence-electron chi connectivity index (χ2n) is 14.6. The molecule has 0 spiro atoms. The van der Waals surface area contributed by atoms with Gasteiger partial charge >= 0.3 is 17.9 Å². The van der Waals surface area contributed by atoms with Gasteiger partial charge in [-0.25, -0.2) is 0 Å². The van der Waals surface area contributed by atoms with Crippen molar-refractivity contribution in [3.05, 3.63) is 85.1 Å². The van der Waals surface area contributed by atoms with Crippen molar-refractivity contribution >= 4 is 17.9 Å². The van der Waals surface area contributed by atoms with Crippen LogP contribution in [0.3, 0.4) is 0 Å². The van der Waals surface area contributed by atoms with Crippen LogP contribution in [0.4, 0.5) is 0 Å². The van der Waals surface area contributed by atoms with Crippen LogP contribution in [-0.2, 0) is 28.6 Å². The Bertz CT molecular complexity index is 1120. The van der Waals surface area contributed by atoms with Gasteiger partial charge in [0.25, 0.3) is 0 Å². The molecule has 56 heavy (non-hydrogen) atoms. The molecule has 0 aliphatic heterocycles. The number of ether oxygens (including phenoxy) is 3. The molecule has 0 radical (unpaired) electrons. The quantitative estimate of drug-likeness (QED) is 0.0268. The Labute approximate surface area is 344 Å². The van der Waals surface area contributed by atoms with Gasteiger partial charge in [-0.1, -0.05) is 170 Å². The molecule has 0 heterocycles. The first-order chi connectivity index (χ1) is 27.5. The molecule has 318 valence electrons. The maximum atomic E-state index is 12.7. The van der Waals surface area contributed by atoms with E-state index in [0.717, 1.165) is 103 Å². The number of carbonyl (C=O) groups excluding carboxylic acids is 3. The third-order valence-corrected chi connectivity index (χ3v) is 9.15. The first-order valence-corrected chi connectivity index (χ1v) is 22.6. The standard InChI is InChI=1S/C50H82O6/c1-4-7-10-13-16-19-21-23-24-25-27-28-31-34-37-40-43-49(52)55-46-47(45-54-48(51)42-39-36-33-30-18-15-12-9-6-3)56-50(53)44-41-38-35-32-29-26-22-20-17-14-11-8-5-2/h7,9-10,12,16,18-19,23-24,26,29-30,36,39,47H,4-6,8,11,13-15,17,20-22,25,27-28,31-35,37-38,40-46H2,1-3H3/b10-7-,12-9-,19-16-,24-23-,29-26-,30-18-,39-36-. The van der Waals surface area contributed by atoms with E-state index < -0.39 is 12.1 Å². The van der Waals surface area contributed by atoms with Gasteiger partial charge in [0, 0.05) is 12.8 Å². The van der Waals surface area contributed by atoms with Crippen molar-refractivity contribution in [3.63, 3.8) is 0 Å². The molecule has 1 atom stereocenters. The molecule has 0 rings (SSSR count). The van der Waals surface area contributed by atoms with Crippen LogP contribution in [0.25, 0.3) is 0 Å². The fourth-order valence-electron chi connectivity index (χ4n) is 5.80. The molecule has 0 aromatic carbocycles. The van der Waals surface area contributed by atoms with Gasteiger partial charge in [0.05, 0.1) is 6.42 Å². The minimum atomic E-state index is -0.823. The highest BCUT2D eigenvalue weighted by atomic mass is 16.6. The molecule has 0 saturated carbocycles. The van der Waals surface area contributed by atoms with E-state index in [1.807, 2.05) is 6.08 Å². The van der Waals surface area contributed by atoms with Gasteiger partial charge in [-0.2, -0.15) is 0 Å². The van der Waals surface area contributed by atoms with Gasteiger partial charge in [-0.05, 0) is 89.9 Å². The highest BCUT2D eigenvalue weighted by molar-refractivity contribution is 5.72. The number of hydrogen-bond donors (Lipinski definition) is 0. The Morgan fingerprint density at radius 2 is 0.768 bits per heavy atom. The second-order valence-corrected chi connectivity index (χ2v) is 14.6. The summed E-state index contributed by atoms with van der Waals surface area (Å²) in [7, 11) is 0. The maximum absolute atomic E-state index is 12.7. The fraction of sp³-hybridized carbons (Fsp3) is 0.660. The summed E-state index contributed by atoms with van der Waals surface area (Å²) in [5.41, 5.74) is 0. The van der Waals surface area contributed by atoms with Crippen LogP contribution in [0.5, 0.6) is 0 Å². The highest BCUT2D eigenvalue weighted by Crippen LogP contribution is 2.12. The molecule has 0 aromatic heterocycles. The van der Waals surface area contributed by atoms with Crippen molar-refractivity contribution in [2.24, 2.45) is 0 Å². The predicted octanol–water partition coefficient (Wildman–Crippen LogP) is 14.5. The lowest BCUT2D eigenvalue weighted by Crippen LogP contribution is -2.30. The van der Waals surface area contributed by atoms with Crippen molar-refractivity contribution in [3.8, 4) is 0 Å². The number of rotatable bonds is 39. The van der Waals surface area contributed by atoms with E-state index in [-0.39, 0.29) is 38.0 Å². The van der Waals surface area contributed by atoms with Crippen LogP contribution in [-0.4, -0.2) is 37.2 Å². The second kappa shape index (κ2) is 44.3. The van der Waals surface area contributed by atoms with Crippen molar-refractivity contribution in [1.82, 2.24) is 0 Å². The molecule has 6 nitrogen and oxygen atoms in total. The van der Waals surface area contributed by atoms with E-state index in [1.54, 1.807) is 6.08 Å². The minimum Gasteiger partial charge on any atom is -0.462 e. The number of hydrogen-bond acceptors (Lipinski definition) is 6. The fourth-order valence-corrected chi connectivity index (χ4v) is 5.80. The molecule has 0 N–H and O–H groups in total. The Morgan fingerprint density at radius 1 is 0.393 bits per heavy atom. The summed E-state index contributed by atoms with van der Waals surface area (Å²) in [6, 6.07) is 0. The van der Waals surface area contributed by atoms with Crippen LogP contribution in [0.15, 0.2) is 85.1 Å². The van der Waals surface area contributed by atoms with Crippen molar-refractivity contribution < 1.29 is 28.6 Å². The first kappa shape index (κ1) is 52.6. The van der Waals surface area contributed by atoms with Crippen molar-refractivity contribution in [2.45, 2.75) is 200 Å². The summed E-state index contributed by atoms with van der Waals surface area (Å²) in [5, 5.41) is 0. The Morgan fingerprint density at radius 3 is 1.29 bits per heavy atom. The van der Waals surface area contributed by atoms with Crippen LogP contribution in [0.1, 0.15) is 194 Å². The SMILES string of the molecule is CC/C=C\C/C=C\C/C=C\CCCCCCCCC(=O)OCC(COC(=O)C/C=C\C/C=C\C/C=C\CC)OC(=O)CCCCC/C=C\CCCCCCCC. The zero-order valence-corrected chi connectivity index (χ0v) is 36.1. The molecule has 0 bridgehead atoms. The summed E-state index contributed by atoms with van der Waals surface area (Å²) < 4.78 is 16.6. The molecule has 0 amide bonds. The summed E-state index contributed by atoms with van der Waals surface area (Å²) in [5.74, 6) is -1.08. The third-order valence-electron chi connectivity index (χ3n) is 9.15. The number of carbonyl (C=O) groups is 3. The molecule has 0 aliphatic rings. The number of esters is 3. The molecule has 6 heteroatoms. The van der Waals surface area contributed by atoms with Crippen LogP contribution < -0.4 is 0 Å². The minimum absolute atomic E-state index is 0.117. The molecule has 0 aliphatic carbocycles.